The fourth-order valence-electron chi connectivity index (χ4n) is 6.01. The highest BCUT2D eigenvalue weighted by molar-refractivity contribution is 7.98. The van der Waals surface area contributed by atoms with E-state index in [1.54, 1.807) is 11.8 Å². The maximum absolute atomic E-state index is 13.7. The number of amides is 3. The predicted octanol–water partition coefficient (Wildman–Crippen LogP) is 2.41. The van der Waals surface area contributed by atoms with E-state index in [1.807, 2.05) is 31.4 Å². The Balaban J connectivity index is 1.63. The van der Waals surface area contributed by atoms with Crippen molar-refractivity contribution in [3.63, 3.8) is 0 Å². The van der Waals surface area contributed by atoms with Gasteiger partial charge in [-0.05, 0) is 43.8 Å². The fourth-order valence-corrected chi connectivity index (χ4v) is 6.50. The summed E-state index contributed by atoms with van der Waals surface area (Å²) in [6.45, 7) is 1.96. The second-order valence-electron chi connectivity index (χ2n) is 8.78. The molecule has 0 aromatic heterocycles. The Morgan fingerprint density at radius 1 is 1.17 bits per heavy atom. The van der Waals surface area contributed by atoms with Crippen molar-refractivity contribution in [3.8, 4) is 0 Å². The van der Waals surface area contributed by atoms with Gasteiger partial charge in [0.25, 0.3) is 0 Å². The Labute approximate surface area is 175 Å². The number of rotatable bonds is 4. The molecular formula is C22H27N3O3S. The second kappa shape index (κ2) is 6.84. The number of thioether (sulfide) groups is 1. The number of anilines is 1. The van der Waals surface area contributed by atoms with E-state index < -0.39 is 17.4 Å². The molecule has 0 radical (unpaired) electrons. The Bertz CT molecular complexity index is 897. The van der Waals surface area contributed by atoms with Gasteiger partial charge in [0.15, 0.2) is 0 Å². The highest BCUT2D eigenvalue weighted by Gasteiger charge is 2.70. The first-order valence-electron chi connectivity index (χ1n) is 10.6. The quantitative estimate of drug-likeness (QED) is 0.741. The van der Waals surface area contributed by atoms with E-state index in [1.165, 1.54) is 4.90 Å². The third kappa shape index (κ3) is 2.49. The van der Waals surface area contributed by atoms with Crippen molar-refractivity contribution >= 4 is 35.2 Å². The summed E-state index contributed by atoms with van der Waals surface area (Å²) in [5, 5.41) is 6.53. The summed E-state index contributed by atoms with van der Waals surface area (Å²) < 4.78 is 0. The lowest BCUT2D eigenvalue weighted by atomic mass is 9.76. The van der Waals surface area contributed by atoms with E-state index in [0.717, 1.165) is 54.7 Å². The van der Waals surface area contributed by atoms with E-state index in [9.17, 15) is 14.4 Å². The molecule has 4 atom stereocenters. The van der Waals surface area contributed by atoms with Crippen molar-refractivity contribution in [1.29, 1.82) is 0 Å². The minimum absolute atomic E-state index is 0.000273. The molecule has 6 nitrogen and oxygen atoms in total. The molecule has 0 bridgehead atoms. The number of hydrogen-bond donors (Lipinski definition) is 2. The van der Waals surface area contributed by atoms with Crippen LogP contribution in [0.4, 0.5) is 5.69 Å². The molecule has 5 rings (SSSR count). The first-order valence-corrected chi connectivity index (χ1v) is 11.9. The van der Waals surface area contributed by atoms with E-state index >= 15 is 0 Å². The lowest BCUT2D eigenvalue weighted by molar-refractivity contribution is -0.145. The molecule has 0 unspecified atom stereocenters. The van der Waals surface area contributed by atoms with E-state index in [0.29, 0.717) is 0 Å². The molecule has 1 saturated carbocycles. The highest BCUT2D eigenvalue weighted by atomic mass is 32.2. The smallest absolute Gasteiger partial charge is 0.250 e. The molecule has 2 saturated heterocycles. The van der Waals surface area contributed by atoms with Crippen LogP contribution in [-0.4, -0.2) is 46.7 Å². The van der Waals surface area contributed by atoms with Gasteiger partial charge in [0.2, 0.25) is 17.7 Å². The second-order valence-corrected chi connectivity index (χ2v) is 9.77. The largest absolute Gasteiger partial charge is 0.324 e. The maximum Gasteiger partial charge on any atom is 0.250 e. The van der Waals surface area contributed by atoms with Gasteiger partial charge < -0.3 is 5.32 Å². The van der Waals surface area contributed by atoms with Crippen LogP contribution in [0.2, 0.25) is 0 Å². The average Bonchev–Trinajstić information content (AvgIpc) is 3.44. The number of benzene rings is 1. The summed E-state index contributed by atoms with van der Waals surface area (Å²) in [6.07, 6.45) is 6.67. The highest BCUT2D eigenvalue weighted by Crippen LogP contribution is 2.54. The number of fused-ring (bicyclic) bond motifs is 4. The van der Waals surface area contributed by atoms with Gasteiger partial charge in [0.05, 0.1) is 11.8 Å². The summed E-state index contributed by atoms with van der Waals surface area (Å²) >= 11 is 1.72. The first kappa shape index (κ1) is 19.1. The number of hydrogen-bond acceptors (Lipinski definition) is 5. The van der Waals surface area contributed by atoms with E-state index in [4.69, 9.17) is 0 Å². The summed E-state index contributed by atoms with van der Waals surface area (Å²) in [4.78, 5) is 42.1. The van der Waals surface area contributed by atoms with Crippen LogP contribution in [0.15, 0.2) is 18.2 Å². The predicted molar refractivity (Wildman–Crippen MR) is 112 cm³/mol. The lowest BCUT2D eigenvalue weighted by Crippen LogP contribution is -2.54. The van der Waals surface area contributed by atoms with Crippen molar-refractivity contribution in [2.45, 2.75) is 56.7 Å². The Hall–Kier alpha value is -1.86. The van der Waals surface area contributed by atoms with Gasteiger partial charge in [-0.1, -0.05) is 31.0 Å². The van der Waals surface area contributed by atoms with Crippen molar-refractivity contribution in [1.82, 2.24) is 10.2 Å². The van der Waals surface area contributed by atoms with Gasteiger partial charge >= 0.3 is 0 Å². The van der Waals surface area contributed by atoms with Crippen LogP contribution in [0.5, 0.6) is 0 Å². The van der Waals surface area contributed by atoms with Gasteiger partial charge in [-0.25, -0.2) is 0 Å². The Morgan fingerprint density at radius 2 is 1.93 bits per heavy atom. The van der Waals surface area contributed by atoms with Crippen LogP contribution in [-0.2, 0) is 19.9 Å². The molecule has 29 heavy (non-hydrogen) atoms. The standard InChI is InChI=1S/C22H27N3O3S/c1-12-6-5-9-14-18(12)23-21(28)22(14)17-16(15(24-22)10-11-29-2)19(26)25(20(17)27)13-7-3-4-8-13/h5-6,9,13,15-17,24H,3-4,7-8,10-11H2,1-2H3,(H,23,28)/t15-,16-,17-,22+/m1/s1. The normalized spacial score (nSPS) is 33.7. The fraction of sp³-hybridized carbons (Fsp3) is 0.591. The number of nitrogens with zero attached hydrogens (tertiary/aromatic N) is 1. The molecule has 3 fully saturated rings. The number of para-hydroxylation sites is 1. The summed E-state index contributed by atoms with van der Waals surface area (Å²) in [7, 11) is 0. The molecule has 7 heteroatoms. The molecule has 4 aliphatic rings. The van der Waals surface area contributed by atoms with Crippen LogP contribution in [0.25, 0.3) is 0 Å². The Kier molecular flexibility index (Phi) is 4.51. The number of carbonyl (C=O) groups is 3. The summed E-state index contributed by atoms with van der Waals surface area (Å²) in [6, 6.07) is 5.64. The van der Waals surface area contributed by atoms with Gasteiger partial charge in [0, 0.05) is 23.3 Å². The molecule has 3 amide bonds. The van der Waals surface area contributed by atoms with Crippen LogP contribution in [0.1, 0.15) is 43.2 Å². The van der Waals surface area contributed by atoms with Crippen molar-refractivity contribution in [2.24, 2.45) is 11.8 Å². The average molecular weight is 414 g/mol. The van der Waals surface area contributed by atoms with Crippen LogP contribution in [0.3, 0.4) is 0 Å². The van der Waals surface area contributed by atoms with Crippen LogP contribution in [0, 0.1) is 18.8 Å². The molecule has 1 spiro atoms. The van der Waals surface area contributed by atoms with Crippen molar-refractivity contribution in [3.05, 3.63) is 29.3 Å². The molecule has 154 valence electrons. The maximum atomic E-state index is 13.7. The van der Waals surface area contributed by atoms with Crippen molar-refractivity contribution < 1.29 is 14.4 Å². The van der Waals surface area contributed by atoms with Gasteiger partial charge in [0.1, 0.15) is 5.54 Å². The molecule has 2 N–H and O–H groups in total. The molecule has 1 aromatic rings. The molecule has 3 aliphatic heterocycles. The van der Waals surface area contributed by atoms with Crippen molar-refractivity contribution in [2.75, 3.05) is 17.3 Å². The van der Waals surface area contributed by atoms with Crippen LogP contribution < -0.4 is 10.6 Å². The number of carbonyl (C=O) groups excluding carboxylic acids is 3. The minimum atomic E-state index is -1.14. The SMILES string of the molecule is CSCC[C@H]1N[C@]2(C(=O)Nc3c(C)cccc32)[C@H]2C(=O)N(C3CCCC3)C(=O)[C@H]12. The zero-order chi connectivity index (χ0) is 20.3. The lowest BCUT2D eigenvalue weighted by Gasteiger charge is -2.31. The topological polar surface area (TPSA) is 78.5 Å². The minimum Gasteiger partial charge on any atom is -0.324 e. The zero-order valence-corrected chi connectivity index (χ0v) is 17.7. The molecule has 1 aliphatic carbocycles. The number of imide groups is 1. The summed E-state index contributed by atoms with van der Waals surface area (Å²) in [5.74, 6) is -0.674. The van der Waals surface area contributed by atoms with E-state index in [-0.39, 0.29) is 29.8 Å². The third-order valence-electron chi connectivity index (χ3n) is 7.32. The van der Waals surface area contributed by atoms with E-state index in [2.05, 4.69) is 10.6 Å². The molecule has 3 heterocycles. The number of likely N-dealkylation sites (tertiary alicyclic amines) is 1. The summed E-state index contributed by atoms with van der Waals surface area (Å²) in [5.41, 5.74) is 1.44. The monoisotopic (exact) mass is 413 g/mol. The van der Waals surface area contributed by atoms with Gasteiger partial charge in [-0.3, -0.25) is 24.6 Å². The third-order valence-corrected chi connectivity index (χ3v) is 7.96. The van der Waals surface area contributed by atoms with Crippen LogP contribution >= 0.6 is 11.8 Å². The number of nitrogens with one attached hydrogen (secondary N) is 2. The zero-order valence-electron chi connectivity index (χ0n) is 16.9. The van der Waals surface area contributed by atoms with Gasteiger partial charge in [-0.2, -0.15) is 11.8 Å². The first-order chi connectivity index (χ1) is 14.0. The number of aryl methyl sites for hydroxylation is 1. The Morgan fingerprint density at radius 3 is 2.66 bits per heavy atom. The molecule has 1 aromatic carbocycles. The van der Waals surface area contributed by atoms with Gasteiger partial charge in [-0.15, -0.1) is 0 Å². The molecular weight excluding hydrogens is 386 g/mol.